The Hall–Kier alpha value is -8.53. The number of para-hydroxylation sites is 2. The summed E-state index contributed by atoms with van der Waals surface area (Å²) in [5.41, 5.74) is 19.0. The molecule has 0 bridgehead atoms. The van der Waals surface area contributed by atoms with Crippen LogP contribution in [0.5, 0.6) is 0 Å². The van der Waals surface area contributed by atoms with Crippen LogP contribution in [0.4, 0.5) is 17.1 Å². The van der Waals surface area contributed by atoms with Gasteiger partial charge in [0.15, 0.2) is 0 Å². The van der Waals surface area contributed by atoms with E-state index in [0.29, 0.717) is 0 Å². The maximum Gasteiger partial charge on any atom is 0.145 e. The standard InChI is InChI=1S/C61H43N3/c1-6-18-44(19-7-1)47-32-36-55(37-33-47)63(57-42-52(45-20-8-2-9-21-45)41-53(43-57)46-22-10-3-11-23-46)56-38-34-48(35-39-56)50-26-16-27-51(40-50)58-30-17-31-59-60(58)62-61(49-24-12-4-13-25-49)64(59)54-28-14-5-15-29-54/h1-43H. The quantitative estimate of drug-likeness (QED) is 0.137. The summed E-state index contributed by atoms with van der Waals surface area (Å²) in [6.45, 7) is 0. The van der Waals surface area contributed by atoms with Gasteiger partial charge in [-0.2, -0.15) is 0 Å². The van der Waals surface area contributed by atoms with Gasteiger partial charge in [0.05, 0.1) is 11.0 Å². The molecule has 1 aromatic heterocycles. The lowest BCUT2D eigenvalue weighted by Gasteiger charge is -2.27. The van der Waals surface area contributed by atoms with Gasteiger partial charge in [0, 0.05) is 33.9 Å². The van der Waals surface area contributed by atoms with E-state index in [1.54, 1.807) is 0 Å². The Bertz CT molecular complexity index is 3270. The van der Waals surface area contributed by atoms with Crippen LogP contribution in [0.3, 0.4) is 0 Å². The van der Waals surface area contributed by atoms with Gasteiger partial charge in [0.25, 0.3) is 0 Å². The Kier molecular flexibility index (Phi) is 10.3. The summed E-state index contributed by atoms with van der Waals surface area (Å²) in [7, 11) is 0. The smallest absolute Gasteiger partial charge is 0.145 e. The molecular formula is C61H43N3. The Morgan fingerprint density at radius 1 is 0.281 bits per heavy atom. The van der Waals surface area contributed by atoms with Gasteiger partial charge in [-0.15, -0.1) is 0 Å². The first-order chi connectivity index (χ1) is 31.7. The van der Waals surface area contributed by atoms with Gasteiger partial charge in [0.1, 0.15) is 5.82 Å². The lowest BCUT2D eigenvalue weighted by molar-refractivity contribution is 1.10. The van der Waals surface area contributed by atoms with E-state index in [1.165, 1.54) is 22.3 Å². The van der Waals surface area contributed by atoms with Gasteiger partial charge in [-0.25, -0.2) is 4.98 Å². The summed E-state index contributed by atoms with van der Waals surface area (Å²) in [6.07, 6.45) is 0. The molecule has 0 saturated heterocycles. The molecule has 10 aromatic carbocycles. The number of rotatable bonds is 10. The van der Waals surface area contributed by atoms with Crippen molar-refractivity contribution in [2.75, 3.05) is 4.90 Å². The van der Waals surface area contributed by atoms with Gasteiger partial charge in [-0.1, -0.05) is 194 Å². The monoisotopic (exact) mass is 817 g/mol. The van der Waals surface area contributed by atoms with Crippen LogP contribution in [0.1, 0.15) is 0 Å². The van der Waals surface area contributed by atoms with Gasteiger partial charge < -0.3 is 4.90 Å². The molecule has 0 saturated carbocycles. The molecule has 0 spiro atoms. The molecule has 3 heteroatoms. The lowest BCUT2D eigenvalue weighted by atomic mass is 9.96. The number of anilines is 3. The Labute approximate surface area is 374 Å². The third kappa shape index (κ3) is 7.57. The normalized spacial score (nSPS) is 11.1. The van der Waals surface area contributed by atoms with Gasteiger partial charge in [-0.05, 0) is 117 Å². The van der Waals surface area contributed by atoms with Crippen LogP contribution >= 0.6 is 0 Å². The highest BCUT2D eigenvalue weighted by molar-refractivity contribution is 5.96. The minimum Gasteiger partial charge on any atom is -0.310 e. The molecule has 1 heterocycles. The van der Waals surface area contributed by atoms with E-state index < -0.39 is 0 Å². The van der Waals surface area contributed by atoms with E-state index >= 15 is 0 Å². The molecule has 0 atom stereocenters. The highest BCUT2D eigenvalue weighted by Crippen LogP contribution is 2.42. The summed E-state index contributed by atoms with van der Waals surface area (Å²) in [6, 6.07) is 93.1. The molecule has 0 fully saturated rings. The van der Waals surface area contributed by atoms with Crippen molar-refractivity contribution < 1.29 is 0 Å². The molecule has 3 nitrogen and oxygen atoms in total. The van der Waals surface area contributed by atoms with Crippen LogP contribution in [0, 0.1) is 0 Å². The molecule has 0 amide bonds. The predicted molar refractivity (Wildman–Crippen MR) is 268 cm³/mol. The number of hydrogen-bond acceptors (Lipinski definition) is 2. The van der Waals surface area contributed by atoms with Crippen molar-refractivity contribution in [3.8, 4) is 72.7 Å². The summed E-state index contributed by atoms with van der Waals surface area (Å²) in [5, 5.41) is 0. The molecule has 0 aliphatic carbocycles. The van der Waals surface area contributed by atoms with E-state index in [9.17, 15) is 0 Å². The highest BCUT2D eigenvalue weighted by Gasteiger charge is 2.19. The van der Waals surface area contributed by atoms with Gasteiger partial charge >= 0.3 is 0 Å². The fraction of sp³-hybridized carbons (Fsp3) is 0. The molecular weight excluding hydrogens is 775 g/mol. The zero-order chi connectivity index (χ0) is 42.7. The van der Waals surface area contributed by atoms with Crippen LogP contribution in [0.25, 0.3) is 83.7 Å². The van der Waals surface area contributed by atoms with Crippen LogP contribution in [-0.4, -0.2) is 9.55 Å². The minimum absolute atomic E-state index is 0.922. The molecule has 0 aliphatic rings. The van der Waals surface area contributed by atoms with Crippen LogP contribution in [-0.2, 0) is 0 Å². The molecule has 302 valence electrons. The lowest BCUT2D eigenvalue weighted by Crippen LogP contribution is -2.10. The Morgan fingerprint density at radius 2 is 0.688 bits per heavy atom. The van der Waals surface area contributed by atoms with E-state index in [4.69, 9.17) is 4.98 Å². The van der Waals surface area contributed by atoms with Crippen molar-refractivity contribution >= 4 is 28.1 Å². The zero-order valence-electron chi connectivity index (χ0n) is 35.2. The minimum atomic E-state index is 0.922. The molecule has 11 rings (SSSR count). The van der Waals surface area contributed by atoms with Crippen molar-refractivity contribution in [2.24, 2.45) is 0 Å². The van der Waals surface area contributed by atoms with E-state index in [1.807, 2.05) is 0 Å². The molecule has 0 unspecified atom stereocenters. The molecule has 0 radical (unpaired) electrons. The van der Waals surface area contributed by atoms with Gasteiger partial charge in [0.2, 0.25) is 0 Å². The molecule has 64 heavy (non-hydrogen) atoms. The SMILES string of the molecule is c1ccc(-c2ccc(N(c3ccc(-c4cccc(-c5cccc6c5nc(-c5ccccc5)n6-c5ccccc5)c4)cc3)c3cc(-c4ccccc4)cc(-c4ccccc4)c3)cc2)cc1. The second-order valence-corrected chi connectivity index (χ2v) is 16.0. The van der Waals surface area contributed by atoms with Crippen LogP contribution in [0.2, 0.25) is 0 Å². The molecule has 0 aliphatic heterocycles. The first-order valence-electron chi connectivity index (χ1n) is 21.8. The van der Waals surface area contributed by atoms with Crippen molar-refractivity contribution in [1.29, 1.82) is 0 Å². The topological polar surface area (TPSA) is 21.1 Å². The first kappa shape index (κ1) is 38.4. The Morgan fingerprint density at radius 3 is 1.23 bits per heavy atom. The number of hydrogen-bond donors (Lipinski definition) is 0. The number of aromatic nitrogens is 2. The zero-order valence-corrected chi connectivity index (χ0v) is 35.2. The van der Waals surface area contributed by atoms with Crippen LogP contribution in [0.15, 0.2) is 261 Å². The number of benzene rings is 10. The Balaban J connectivity index is 1.00. The van der Waals surface area contributed by atoms with Crippen molar-refractivity contribution in [2.45, 2.75) is 0 Å². The molecule has 11 aromatic rings. The van der Waals surface area contributed by atoms with E-state index in [-0.39, 0.29) is 0 Å². The summed E-state index contributed by atoms with van der Waals surface area (Å²) in [4.78, 5) is 7.73. The van der Waals surface area contributed by atoms with Gasteiger partial charge in [-0.3, -0.25) is 4.57 Å². The second-order valence-electron chi connectivity index (χ2n) is 16.0. The maximum absolute atomic E-state index is 5.36. The highest BCUT2D eigenvalue weighted by atomic mass is 15.1. The number of nitrogens with zero attached hydrogens (tertiary/aromatic N) is 3. The summed E-state index contributed by atoms with van der Waals surface area (Å²) < 4.78 is 2.27. The van der Waals surface area contributed by atoms with Crippen molar-refractivity contribution in [1.82, 2.24) is 9.55 Å². The average Bonchev–Trinajstić information content (AvgIpc) is 3.78. The van der Waals surface area contributed by atoms with E-state index in [0.717, 1.165) is 78.6 Å². The van der Waals surface area contributed by atoms with Crippen LogP contribution < -0.4 is 4.90 Å². The number of imidazole rings is 1. The maximum atomic E-state index is 5.36. The average molecular weight is 818 g/mol. The third-order valence-electron chi connectivity index (χ3n) is 12.0. The largest absolute Gasteiger partial charge is 0.310 e. The first-order valence-corrected chi connectivity index (χ1v) is 21.8. The molecule has 0 N–H and O–H groups in total. The summed E-state index contributed by atoms with van der Waals surface area (Å²) in [5.74, 6) is 0.922. The number of fused-ring (bicyclic) bond motifs is 1. The van der Waals surface area contributed by atoms with Crippen molar-refractivity contribution in [3.05, 3.63) is 261 Å². The van der Waals surface area contributed by atoms with Crippen molar-refractivity contribution in [3.63, 3.8) is 0 Å². The van der Waals surface area contributed by atoms with E-state index in [2.05, 4.69) is 270 Å². The fourth-order valence-corrected chi connectivity index (χ4v) is 8.84. The summed E-state index contributed by atoms with van der Waals surface area (Å²) >= 11 is 0. The predicted octanol–water partition coefficient (Wildman–Crippen LogP) is 16.5. The fourth-order valence-electron chi connectivity index (χ4n) is 8.84. The second kappa shape index (κ2) is 17.1. The third-order valence-corrected chi connectivity index (χ3v) is 12.0.